The molecule has 0 atom stereocenters. The predicted molar refractivity (Wildman–Crippen MR) is 124 cm³/mol. The number of ether oxygens (including phenoxy) is 2. The fourth-order valence-corrected chi connectivity index (χ4v) is 4.74. The molecule has 33 heavy (non-hydrogen) atoms. The molecular weight excluding hydrogens is 444 g/mol. The van der Waals surface area contributed by atoms with Crippen LogP contribution < -0.4 is 19.1 Å². The zero-order chi connectivity index (χ0) is 23.8. The fourth-order valence-electron chi connectivity index (χ4n) is 3.69. The molecule has 9 nitrogen and oxygen atoms in total. The highest BCUT2D eigenvalue weighted by molar-refractivity contribution is 7.89. The van der Waals surface area contributed by atoms with Crippen molar-refractivity contribution in [3.05, 3.63) is 48.0 Å². The van der Waals surface area contributed by atoms with Crippen LogP contribution >= 0.6 is 0 Å². The molecule has 0 saturated carbocycles. The second-order valence-corrected chi connectivity index (χ2v) is 9.31. The molecule has 0 bridgehead atoms. The van der Waals surface area contributed by atoms with Gasteiger partial charge in [-0.3, -0.25) is 4.79 Å². The smallest absolute Gasteiger partial charge is 0.240 e. The molecule has 1 aliphatic rings. The fraction of sp³-hybridized carbons (Fsp3) is 0.391. The lowest BCUT2D eigenvalue weighted by Crippen LogP contribution is -2.37. The third-order valence-corrected chi connectivity index (χ3v) is 6.97. The van der Waals surface area contributed by atoms with E-state index in [0.29, 0.717) is 36.7 Å². The van der Waals surface area contributed by atoms with E-state index in [4.69, 9.17) is 14.7 Å². The summed E-state index contributed by atoms with van der Waals surface area (Å²) in [5.41, 5.74) is 1.63. The summed E-state index contributed by atoms with van der Waals surface area (Å²) in [5.74, 6) is 0.655. The average molecular weight is 473 g/mol. The number of nitrogens with zero attached hydrogens (tertiary/aromatic N) is 3. The van der Waals surface area contributed by atoms with Gasteiger partial charge in [0.15, 0.2) is 11.5 Å². The van der Waals surface area contributed by atoms with Gasteiger partial charge in [0.05, 0.1) is 30.7 Å². The first-order chi connectivity index (χ1) is 15.9. The molecule has 1 heterocycles. The van der Waals surface area contributed by atoms with Crippen LogP contribution in [-0.2, 0) is 14.8 Å². The molecule has 1 aliphatic heterocycles. The Morgan fingerprint density at radius 3 is 2.42 bits per heavy atom. The summed E-state index contributed by atoms with van der Waals surface area (Å²) in [6, 6.07) is 13.8. The average Bonchev–Trinajstić information content (AvgIpc) is 3.10. The Bertz CT molecular complexity index is 1110. The number of anilines is 1. The van der Waals surface area contributed by atoms with Gasteiger partial charge in [0.1, 0.15) is 0 Å². The predicted octanol–water partition coefficient (Wildman–Crippen LogP) is 1.98. The summed E-state index contributed by atoms with van der Waals surface area (Å²) in [6.45, 7) is 2.66. The number of nitriles is 1. The summed E-state index contributed by atoms with van der Waals surface area (Å²) < 4.78 is 38.0. The van der Waals surface area contributed by atoms with Gasteiger partial charge >= 0.3 is 0 Å². The van der Waals surface area contributed by atoms with Gasteiger partial charge in [0.2, 0.25) is 15.9 Å². The molecule has 176 valence electrons. The van der Waals surface area contributed by atoms with Crippen LogP contribution in [0.15, 0.2) is 47.4 Å². The van der Waals surface area contributed by atoms with E-state index in [2.05, 4.69) is 15.7 Å². The third-order valence-electron chi connectivity index (χ3n) is 5.51. The molecule has 2 aromatic carbocycles. The number of nitrogens with one attached hydrogen (secondary N) is 1. The van der Waals surface area contributed by atoms with Crippen LogP contribution in [0.5, 0.6) is 11.5 Å². The van der Waals surface area contributed by atoms with Crippen molar-refractivity contribution in [2.75, 3.05) is 51.8 Å². The molecule has 3 rings (SSSR count). The number of methoxy groups -OCH3 is 2. The van der Waals surface area contributed by atoms with Gasteiger partial charge in [0.25, 0.3) is 0 Å². The van der Waals surface area contributed by atoms with Gasteiger partial charge in [-0.1, -0.05) is 0 Å². The minimum atomic E-state index is -3.79. The van der Waals surface area contributed by atoms with Crippen molar-refractivity contribution in [3.63, 3.8) is 0 Å². The quantitative estimate of drug-likeness (QED) is 0.625. The number of carbonyl (C=O) groups excluding carboxylic acids is 1. The molecule has 1 N–H and O–H groups in total. The first kappa shape index (κ1) is 24.4. The maximum atomic E-state index is 12.7. The van der Waals surface area contributed by atoms with Gasteiger partial charge in [-0.25, -0.2) is 13.1 Å². The Balaban J connectivity index is 1.52. The SMILES string of the molecule is COc1ccc(S(=O)(=O)NCCC(=O)N2CCCN(c3ccc(C#N)cc3)CC2)cc1OC. The normalized spacial score (nSPS) is 14.3. The molecule has 0 aliphatic carbocycles. The van der Waals surface area contributed by atoms with E-state index in [0.717, 1.165) is 18.7 Å². The second-order valence-electron chi connectivity index (χ2n) is 7.54. The number of amides is 1. The Labute approximate surface area is 194 Å². The molecule has 0 aromatic heterocycles. The van der Waals surface area contributed by atoms with Gasteiger partial charge in [0, 0.05) is 50.9 Å². The van der Waals surface area contributed by atoms with E-state index in [1.165, 1.54) is 32.4 Å². The molecule has 1 saturated heterocycles. The van der Waals surface area contributed by atoms with Crippen LogP contribution in [0, 0.1) is 11.3 Å². The largest absolute Gasteiger partial charge is 0.493 e. The topological polar surface area (TPSA) is 112 Å². The summed E-state index contributed by atoms with van der Waals surface area (Å²) in [5, 5.41) is 8.95. The van der Waals surface area contributed by atoms with E-state index >= 15 is 0 Å². The van der Waals surface area contributed by atoms with E-state index < -0.39 is 10.0 Å². The van der Waals surface area contributed by atoms with Crippen LogP contribution in [0.2, 0.25) is 0 Å². The van der Waals surface area contributed by atoms with Crippen molar-refractivity contribution in [2.45, 2.75) is 17.7 Å². The number of hydrogen-bond acceptors (Lipinski definition) is 7. The van der Waals surface area contributed by atoms with Gasteiger partial charge in [-0.05, 0) is 42.8 Å². The zero-order valence-electron chi connectivity index (χ0n) is 18.8. The van der Waals surface area contributed by atoms with E-state index in [1.807, 2.05) is 12.1 Å². The molecule has 0 radical (unpaired) electrons. The van der Waals surface area contributed by atoms with Crippen molar-refractivity contribution in [1.29, 1.82) is 5.26 Å². The summed E-state index contributed by atoms with van der Waals surface area (Å²) in [4.78, 5) is 16.7. The van der Waals surface area contributed by atoms with Gasteiger partial charge < -0.3 is 19.3 Å². The first-order valence-corrected chi connectivity index (χ1v) is 12.1. The Morgan fingerprint density at radius 2 is 1.76 bits per heavy atom. The van der Waals surface area contributed by atoms with Crippen molar-refractivity contribution in [2.24, 2.45) is 0 Å². The van der Waals surface area contributed by atoms with Gasteiger partial charge in [-0.15, -0.1) is 0 Å². The van der Waals surface area contributed by atoms with Crippen LogP contribution in [0.1, 0.15) is 18.4 Å². The minimum absolute atomic E-state index is 0.00531. The van der Waals surface area contributed by atoms with E-state index in [-0.39, 0.29) is 23.8 Å². The molecule has 1 amide bonds. The van der Waals surface area contributed by atoms with Crippen molar-refractivity contribution >= 4 is 21.6 Å². The monoisotopic (exact) mass is 472 g/mol. The Hall–Kier alpha value is -3.29. The number of sulfonamides is 1. The highest BCUT2D eigenvalue weighted by atomic mass is 32.2. The molecular formula is C23H28N4O5S. The third kappa shape index (κ3) is 6.15. The molecule has 2 aromatic rings. The highest BCUT2D eigenvalue weighted by Crippen LogP contribution is 2.29. The van der Waals surface area contributed by atoms with Crippen molar-refractivity contribution < 1.29 is 22.7 Å². The maximum absolute atomic E-state index is 12.7. The first-order valence-electron chi connectivity index (χ1n) is 10.6. The summed E-state index contributed by atoms with van der Waals surface area (Å²) in [7, 11) is -0.880. The summed E-state index contributed by atoms with van der Waals surface area (Å²) >= 11 is 0. The lowest BCUT2D eigenvalue weighted by atomic mass is 10.2. The number of benzene rings is 2. The van der Waals surface area contributed by atoms with Crippen molar-refractivity contribution in [1.82, 2.24) is 9.62 Å². The lowest BCUT2D eigenvalue weighted by molar-refractivity contribution is -0.130. The van der Waals surface area contributed by atoms with Crippen molar-refractivity contribution in [3.8, 4) is 17.6 Å². The zero-order valence-corrected chi connectivity index (χ0v) is 19.6. The van der Waals surface area contributed by atoms with E-state index in [1.54, 1.807) is 17.0 Å². The summed E-state index contributed by atoms with van der Waals surface area (Å²) in [6.07, 6.45) is 0.881. The number of carbonyl (C=O) groups is 1. The second kappa shape index (κ2) is 11.0. The number of hydrogen-bond donors (Lipinski definition) is 1. The van der Waals surface area contributed by atoms with Gasteiger partial charge in [-0.2, -0.15) is 5.26 Å². The molecule has 0 unspecified atom stereocenters. The lowest BCUT2D eigenvalue weighted by Gasteiger charge is -2.24. The minimum Gasteiger partial charge on any atom is -0.493 e. The van der Waals surface area contributed by atoms with Crippen LogP contribution in [0.3, 0.4) is 0 Å². The van der Waals surface area contributed by atoms with E-state index in [9.17, 15) is 13.2 Å². The Kier molecular flexibility index (Phi) is 8.14. The Morgan fingerprint density at radius 1 is 1.03 bits per heavy atom. The molecule has 1 fully saturated rings. The molecule has 10 heteroatoms. The molecule has 0 spiro atoms. The maximum Gasteiger partial charge on any atom is 0.240 e. The number of rotatable bonds is 8. The standard InChI is InChI=1S/C23H28N4O5S/c1-31-21-9-8-20(16-22(21)32-2)33(29,30)25-11-10-23(28)27-13-3-12-26(14-15-27)19-6-4-18(17-24)5-7-19/h4-9,16,25H,3,10-15H2,1-2H3. The highest BCUT2D eigenvalue weighted by Gasteiger charge is 2.21. The van der Waals surface area contributed by atoms with Crippen LogP contribution in [-0.4, -0.2) is 66.2 Å². The van der Waals surface area contributed by atoms with Crippen LogP contribution in [0.4, 0.5) is 5.69 Å². The van der Waals surface area contributed by atoms with Crippen LogP contribution in [0.25, 0.3) is 0 Å².